The van der Waals surface area contributed by atoms with E-state index in [0.29, 0.717) is 10.1 Å². The van der Waals surface area contributed by atoms with Crippen molar-refractivity contribution in [2.45, 2.75) is 33.6 Å². The van der Waals surface area contributed by atoms with E-state index >= 15 is 0 Å². The first-order valence-corrected chi connectivity index (χ1v) is 11.8. The highest BCUT2D eigenvalue weighted by Gasteiger charge is 2.36. The van der Waals surface area contributed by atoms with Crippen LogP contribution in [0.4, 0.5) is 11.4 Å². The Balaban J connectivity index is 1.85. The van der Waals surface area contributed by atoms with Gasteiger partial charge in [0.25, 0.3) is 5.91 Å². The second kappa shape index (κ2) is 9.02. The lowest BCUT2D eigenvalue weighted by Crippen LogP contribution is -2.29. The summed E-state index contributed by atoms with van der Waals surface area (Å²) >= 11 is 3.11. The summed E-state index contributed by atoms with van der Waals surface area (Å²) in [5.74, 6) is -0.0126. The van der Waals surface area contributed by atoms with Gasteiger partial charge >= 0.3 is 0 Å². The summed E-state index contributed by atoms with van der Waals surface area (Å²) in [4.78, 5) is 22.1. The molecule has 1 amide bonds. The number of hydrogen-bond donors (Lipinski definition) is 0. The predicted molar refractivity (Wildman–Crippen MR) is 131 cm³/mol. The average Bonchev–Trinajstić information content (AvgIpc) is 3.31. The Kier molecular flexibility index (Phi) is 6.21. The standard InChI is InChI=1S/C25H24N2OS2/c1-4-18-10-6-8-12-20(18)26-25-27(21-13-9-7-11-19(21)5-2)24(28)23(30-25)16-22-17(3)14-15-29-22/h6-16H,4-5H2,1-3H3/b23-16-,26-25?. The molecule has 1 saturated heterocycles. The van der Waals surface area contributed by atoms with Crippen molar-refractivity contribution in [2.75, 3.05) is 4.90 Å². The molecular formula is C25H24N2OS2. The average molecular weight is 433 g/mol. The van der Waals surface area contributed by atoms with Gasteiger partial charge in [0.15, 0.2) is 5.17 Å². The third kappa shape index (κ3) is 4.00. The minimum absolute atomic E-state index is 0.0126. The second-order valence-electron chi connectivity index (χ2n) is 7.08. The van der Waals surface area contributed by atoms with E-state index < -0.39 is 0 Å². The zero-order valence-corrected chi connectivity index (χ0v) is 19.0. The van der Waals surface area contributed by atoms with Crippen molar-refractivity contribution in [1.29, 1.82) is 0 Å². The van der Waals surface area contributed by atoms with Crippen LogP contribution in [-0.2, 0) is 17.6 Å². The molecule has 30 heavy (non-hydrogen) atoms. The van der Waals surface area contributed by atoms with E-state index in [1.165, 1.54) is 22.9 Å². The van der Waals surface area contributed by atoms with Gasteiger partial charge < -0.3 is 0 Å². The summed E-state index contributed by atoms with van der Waals surface area (Å²) in [7, 11) is 0. The Morgan fingerprint density at radius 1 is 0.967 bits per heavy atom. The van der Waals surface area contributed by atoms with Gasteiger partial charge in [-0.3, -0.25) is 9.69 Å². The molecule has 1 fully saturated rings. The van der Waals surface area contributed by atoms with Crippen molar-refractivity contribution >= 4 is 51.6 Å². The molecule has 2 heterocycles. The van der Waals surface area contributed by atoms with Crippen molar-refractivity contribution in [3.05, 3.63) is 86.5 Å². The molecule has 152 valence electrons. The number of para-hydroxylation sites is 2. The quantitative estimate of drug-likeness (QED) is 0.407. The topological polar surface area (TPSA) is 32.7 Å². The molecule has 2 aromatic carbocycles. The highest BCUT2D eigenvalue weighted by Crippen LogP contribution is 2.39. The molecule has 0 atom stereocenters. The first-order valence-electron chi connectivity index (χ1n) is 10.1. The molecule has 3 nitrogen and oxygen atoms in total. The molecule has 0 radical (unpaired) electrons. The predicted octanol–water partition coefficient (Wildman–Crippen LogP) is 6.99. The maximum atomic E-state index is 13.5. The van der Waals surface area contributed by atoms with E-state index in [-0.39, 0.29) is 5.91 Å². The van der Waals surface area contributed by atoms with Crippen molar-refractivity contribution in [2.24, 2.45) is 4.99 Å². The lowest BCUT2D eigenvalue weighted by Gasteiger charge is -2.19. The molecule has 0 unspecified atom stereocenters. The minimum Gasteiger partial charge on any atom is -0.268 e. The number of hydrogen-bond acceptors (Lipinski definition) is 4. The zero-order valence-electron chi connectivity index (χ0n) is 17.4. The number of thioether (sulfide) groups is 1. The number of rotatable bonds is 5. The first-order chi connectivity index (χ1) is 14.6. The van der Waals surface area contributed by atoms with Gasteiger partial charge in [-0.15, -0.1) is 11.3 Å². The van der Waals surface area contributed by atoms with Crippen LogP contribution >= 0.6 is 23.1 Å². The van der Waals surface area contributed by atoms with Crippen LogP contribution in [0.1, 0.15) is 35.4 Å². The van der Waals surface area contributed by atoms with Gasteiger partial charge in [0.1, 0.15) is 0 Å². The number of aliphatic imine (C=N–C) groups is 1. The lowest BCUT2D eigenvalue weighted by atomic mass is 10.1. The van der Waals surface area contributed by atoms with Gasteiger partial charge in [-0.1, -0.05) is 50.2 Å². The summed E-state index contributed by atoms with van der Waals surface area (Å²) in [6, 6.07) is 18.3. The molecule has 0 N–H and O–H groups in total. The maximum Gasteiger partial charge on any atom is 0.271 e. The molecule has 5 heteroatoms. The van der Waals surface area contributed by atoms with Gasteiger partial charge in [-0.05, 0) is 77.9 Å². The van der Waals surface area contributed by atoms with E-state index in [1.807, 2.05) is 42.5 Å². The highest BCUT2D eigenvalue weighted by molar-refractivity contribution is 8.19. The normalized spacial score (nSPS) is 16.8. The molecule has 0 saturated carbocycles. The number of amidine groups is 1. The molecule has 0 spiro atoms. The fourth-order valence-electron chi connectivity index (χ4n) is 3.46. The molecule has 1 aliphatic rings. The van der Waals surface area contributed by atoms with Crippen LogP contribution in [-0.4, -0.2) is 11.1 Å². The largest absolute Gasteiger partial charge is 0.271 e. The number of benzene rings is 2. The molecule has 4 rings (SSSR count). The summed E-state index contributed by atoms with van der Waals surface area (Å²) in [5.41, 5.74) is 5.33. The van der Waals surface area contributed by atoms with Crippen LogP contribution in [0.15, 0.2) is 69.9 Å². The molecule has 1 aliphatic heterocycles. The van der Waals surface area contributed by atoms with Gasteiger partial charge in [-0.2, -0.15) is 0 Å². The Bertz CT molecular complexity index is 1140. The summed E-state index contributed by atoms with van der Waals surface area (Å²) < 4.78 is 0. The van der Waals surface area contributed by atoms with Gasteiger partial charge in [-0.25, -0.2) is 4.99 Å². The fourth-order valence-corrected chi connectivity index (χ4v) is 5.36. The van der Waals surface area contributed by atoms with E-state index in [0.717, 1.165) is 34.7 Å². The van der Waals surface area contributed by atoms with E-state index in [4.69, 9.17) is 4.99 Å². The summed E-state index contributed by atoms with van der Waals surface area (Å²) in [5, 5.41) is 2.77. The first kappa shape index (κ1) is 20.6. The number of anilines is 1. The van der Waals surface area contributed by atoms with E-state index in [1.54, 1.807) is 16.2 Å². The molecule has 1 aromatic heterocycles. The van der Waals surface area contributed by atoms with Crippen LogP contribution in [0.2, 0.25) is 0 Å². The molecule has 3 aromatic rings. The highest BCUT2D eigenvalue weighted by atomic mass is 32.2. The van der Waals surface area contributed by atoms with Gasteiger partial charge in [0, 0.05) is 4.88 Å². The maximum absolute atomic E-state index is 13.5. The smallest absolute Gasteiger partial charge is 0.268 e. The van der Waals surface area contributed by atoms with Crippen molar-refractivity contribution in [1.82, 2.24) is 0 Å². The Hall–Kier alpha value is -2.63. The van der Waals surface area contributed by atoms with Crippen LogP contribution in [0.25, 0.3) is 6.08 Å². The Morgan fingerprint density at radius 3 is 2.37 bits per heavy atom. The zero-order chi connectivity index (χ0) is 21.1. The number of thiophene rings is 1. The SMILES string of the molecule is CCc1ccccc1N=C1S/C(=C\c2sccc2C)C(=O)N1c1ccccc1CC. The van der Waals surface area contributed by atoms with Crippen molar-refractivity contribution in [3.63, 3.8) is 0 Å². The Morgan fingerprint density at radius 2 is 1.67 bits per heavy atom. The summed E-state index contributed by atoms with van der Waals surface area (Å²) in [6.07, 6.45) is 3.75. The third-order valence-electron chi connectivity index (χ3n) is 5.17. The molecule has 0 aliphatic carbocycles. The number of carbonyl (C=O) groups is 1. The van der Waals surface area contributed by atoms with Gasteiger partial charge in [0.2, 0.25) is 0 Å². The van der Waals surface area contributed by atoms with Crippen molar-refractivity contribution < 1.29 is 4.79 Å². The third-order valence-corrected chi connectivity index (χ3v) is 7.11. The van der Waals surface area contributed by atoms with E-state index in [2.05, 4.69) is 44.4 Å². The number of carbonyl (C=O) groups excluding carboxylic acids is 1. The van der Waals surface area contributed by atoms with Crippen LogP contribution < -0.4 is 4.90 Å². The van der Waals surface area contributed by atoms with Crippen molar-refractivity contribution in [3.8, 4) is 0 Å². The molecular weight excluding hydrogens is 408 g/mol. The summed E-state index contributed by atoms with van der Waals surface area (Å²) in [6.45, 7) is 6.31. The lowest BCUT2D eigenvalue weighted by molar-refractivity contribution is -0.113. The van der Waals surface area contributed by atoms with Crippen LogP contribution in [0.3, 0.4) is 0 Å². The fraction of sp³-hybridized carbons (Fsp3) is 0.200. The minimum atomic E-state index is -0.0126. The van der Waals surface area contributed by atoms with Crippen LogP contribution in [0, 0.1) is 6.92 Å². The second-order valence-corrected chi connectivity index (χ2v) is 9.03. The number of nitrogens with zero attached hydrogens (tertiary/aromatic N) is 2. The molecule has 0 bridgehead atoms. The number of amides is 1. The van der Waals surface area contributed by atoms with E-state index in [9.17, 15) is 4.79 Å². The number of aryl methyl sites for hydroxylation is 3. The monoisotopic (exact) mass is 432 g/mol. The van der Waals surface area contributed by atoms with Crippen LogP contribution in [0.5, 0.6) is 0 Å². The Labute approximate surface area is 186 Å². The van der Waals surface area contributed by atoms with Gasteiger partial charge in [0.05, 0.1) is 16.3 Å².